The van der Waals surface area contributed by atoms with Crippen molar-refractivity contribution in [1.82, 2.24) is 15.1 Å². The van der Waals surface area contributed by atoms with Crippen molar-refractivity contribution in [1.29, 1.82) is 0 Å². The van der Waals surface area contributed by atoms with Crippen molar-refractivity contribution in [3.05, 3.63) is 65.2 Å². The minimum Gasteiger partial charge on any atom is -0.497 e. The van der Waals surface area contributed by atoms with Gasteiger partial charge in [0.15, 0.2) is 11.6 Å². The number of carbonyl (C=O) groups is 2. The summed E-state index contributed by atoms with van der Waals surface area (Å²) in [5.41, 5.74) is 0.839. The van der Waals surface area contributed by atoms with Gasteiger partial charge in [-0.15, -0.1) is 0 Å². The second kappa shape index (κ2) is 10.2. The van der Waals surface area contributed by atoms with E-state index in [1.54, 1.807) is 30.2 Å². The molecule has 2 amide bonds. The fraction of sp³-hybridized carbons (Fsp3) is 0.364. The molecule has 1 heterocycles. The molecule has 0 saturated carbocycles. The monoisotopic (exact) mass is 417 g/mol. The molecule has 0 aliphatic carbocycles. The molecule has 2 aromatic carbocycles. The third-order valence-electron chi connectivity index (χ3n) is 5.03. The van der Waals surface area contributed by atoms with Crippen LogP contribution in [0.15, 0.2) is 42.5 Å². The second-order valence-electron chi connectivity index (χ2n) is 7.09. The van der Waals surface area contributed by atoms with E-state index in [4.69, 9.17) is 4.74 Å². The summed E-state index contributed by atoms with van der Waals surface area (Å²) < 4.78 is 32.2. The second-order valence-corrected chi connectivity index (χ2v) is 7.09. The van der Waals surface area contributed by atoms with Crippen LogP contribution < -0.4 is 10.1 Å². The van der Waals surface area contributed by atoms with Crippen molar-refractivity contribution >= 4 is 11.8 Å². The number of piperazine rings is 1. The lowest BCUT2D eigenvalue weighted by atomic mass is 10.1. The average Bonchev–Trinajstić information content (AvgIpc) is 2.78. The lowest BCUT2D eigenvalue weighted by Gasteiger charge is -2.29. The molecule has 1 fully saturated rings. The van der Waals surface area contributed by atoms with Gasteiger partial charge in [0.2, 0.25) is 5.91 Å². The molecule has 2 aromatic rings. The molecule has 1 aliphatic heterocycles. The zero-order valence-corrected chi connectivity index (χ0v) is 16.9. The third-order valence-corrected chi connectivity index (χ3v) is 5.03. The molecule has 0 spiro atoms. The molecular weight excluding hydrogens is 392 g/mol. The van der Waals surface area contributed by atoms with Crippen LogP contribution in [0.1, 0.15) is 22.3 Å². The average molecular weight is 417 g/mol. The number of hydrogen-bond donors (Lipinski definition) is 1. The van der Waals surface area contributed by atoms with Crippen LogP contribution in [0, 0.1) is 11.6 Å². The van der Waals surface area contributed by atoms with Gasteiger partial charge in [-0.2, -0.15) is 0 Å². The zero-order chi connectivity index (χ0) is 21.5. The molecule has 0 aromatic heterocycles. The summed E-state index contributed by atoms with van der Waals surface area (Å²) in [6.07, 6.45) is 0.152. The summed E-state index contributed by atoms with van der Waals surface area (Å²) in [7, 11) is 1.55. The van der Waals surface area contributed by atoms with Gasteiger partial charge in [0, 0.05) is 51.3 Å². The van der Waals surface area contributed by atoms with Crippen LogP contribution in [0.25, 0.3) is 0 Å². The summed E-state index contributed by atoms with van der Waals surface area (Å²) in [5.74, 6) is -1.96. The van der Waals surface area contributed by atoms with Crippen LogP contribution in [0.2, 0.25) is 0 Å². The van der Waals surface area contributed by atoms with E-state index in [9.17, 15) is 18.4 Å². The molecule has 1 N–H and O–H groups in total. The van der Waals surface area contributed by atoms with E-state index in [0.29, 0.717) is 18.8 Å². The molecule has 0 unspecified atom stereocenters. The van der Waals surface area contributed by atoms with Crippen LogP contribution in [-0.2, 0) is 11.3 Å². The number of nitrogens with zero attached hydrogens (tertiary/aromatic N) is 2. The number of amides is 2. The Morgan fingerprint density at radius 1 is 1.10 bits per heavy atom. The smallest absolute Gasteiger partial charge is 0.254 e. The molecule has 6 nitrogen and oxygen atoms in total. The molecule has 1 aliphatic rings. The Bertz CT molecular complexity index is 901. The first-order valence-corrected chi connectivity index (χ1v) is 9.83. The Morgan fingerprint density at radius 2 is 1.87 bits per heavy atom. The Balaban J connectivity index is 1.76. The molecule has 30 heavy (non-hydrogen) atoms. The Hall–Kier alpha value is -3.00. The van der Waals surface area contributed by atoms with E-state index in [-0.39, 0.29) is 31.0 Å². The van der Waals surface area contributed by atoms with Gasteiger partial charge in [-0.05, 0) is 35.9 Å². The molecule has 160 valence electrons. The van der Waals surface area contributed by atoms with Crippen LogP contribution >= 0.6 is 0 Å². The lowest BCUT2D eigenvalue weighted by molar-refractivity contribution is -0.132. The van der Waals surface area contributed by atoms with E-state index in [1.807, 2.05) is 6.07 Å². The van der Waals surface area contributed by atoms with Crippen LogP contribution in [-0.4, -0.2) is 61.4 Å². The molecule has 8 heteroatoms. The zero-order valence-electron chi connectivity index (χ0n) is 16.9. The lowest BCUT2D eigenvalue weighted by Crippen LogP contribution is -2.47. The number of ether oxygens (including phenoxy) is 1. The van der Waals surface area contributed by atoms with Gasteiger partial charge in [0.1, 0.15) is 5.75 Å². The van der Waals surface area contributed by atoms with Gasteiger partial charge in [-0.25, -0.2) is 8.78 Å². The number of nitrogens with one attached hydrogen (secondary N) is 1. The van der Waals surface area contributed by atoms with E-state index in [0.717, 1.165) is 30.8 Å². The highest BCUT2D eigenvalue weighted by Crippen LogP contribution is 2.18. The Labute approximate surface area is 174 Å². The standard InChI is InChI=1S/C22H25F2N3O3/c1-30-18-4-2-3-16(13-18)15-27(10-7-21(28)26-11-8-25-9-12-26)22(29)17-5-6-19(23)20(24)14-17/h2-6,13-14,25H,7-12,15H2,1H3. The maximum atomic E-state index is 13.7. The minimum atomic E-state index is -1.08. The van der Waals surface area contributed by atoms with E-state index in [2.05, 4.69) is 5.32 Å². The van der Waals surface area contributed by atoms with Crippen LogP contribution in [0.4, 0.5) is 8.78 Å². The molecular formula is C22H25F2N3O3. The number of carbonyl (C=O) groups excluding carboxylic acids is 2. The quantitative estimate of drug-likeness (QED) is 0.752. The summed E-state index contributed by atoms with van der Waals surface area (Å²) >= 11 is 0. The van der Waals surface area contributed by atoms with Gasteiger partial charge in [-0.1, -0.05) is 12.1 Å². The summed E-state index contributed by atoms with van der Waals surface area (Å²) in [4.78, 5) is 28.8. The van der Waals surface area contributed by atoms with Gasteiger partial charge in [0.25, 0.3) is 5.91 Å². The van der Waals surface area contributed by atoms with Gasteiger partial charge >= 0.3 is 0 Å². The van der Waals surface area contributed by atoms with Crippen molar-refractivity contribution < 1.29 is 23.1 Å². The fourth-order valence-corrected chi connectivity index (χ4v) is 3.36. The van der Waals surface area contributed by atoms with Crippen LogP contribution in [0.5, 0.6) is 5.75 Å². The third kappa shape index (κ3) is 5.54. The Morgan fingerprint density at radius 3 is 2.57 bits per heavy atom. The van der Waals surface area contributed by atoms with E-state index in [1.165, 1.54) is 11.0 Å². The largest absolute Gasteiger partial charge is 0.497 e. The number of rotatable bonds is 7. The highest BCUT2D eigenvalue weighted by Gasteiger charge is 2.22. The van der Waals surface area contributed by atoms with Gasteiger partial charge in [0.05, 0.1) is 7.11 Å². The van der Waals surface area contributed by atoms with Gasteiger partial charge < -0.3 is 19.9 Å². The molecule has 0 atom stereocenters. The van der Waals surface area contributed by atoms with E-state index < -0.39 is 17.5 Å². The maximum absolute atomic E-state index is 13.7. The highest BCUT2D eigenvalue weighted by atomic mass is 19.2. The topological polar surface area (TPSA) is 61.9 Å². The number of methoxy groups -OCH3 is 1. The summed E-state index contributed by atoms with van der Waals surface area (Å²) in [5, 5.41) is 3.19. The maximum Gasteiger partial charge on any atom is 0.254 e. The SMILES string of the molecule is COc1cccc(CN(CCC(=O)N2CCNCC2)C(=O)c2ccc(F)c(F)c2)c1. The first kappa shape index (κ1) is 21.7. The van der Waals surface area contributed by atoms with Crippen molar-refractivity contribution in [2.45, 2.75) is 13.0 Å². The van der Waals surface area contributed by atoms with Crippen molar-refractivity contribution in [3.8, 4) is 5.75 Å². The fourth-order valence-electron chi connectivity index (χ4n) is 3.36. The highest BCUT2D eigenvalue weighted by molar-refractivity contribution is 5.94. The number of benzene rings is 2. The molecule has 0 bridgehead atoms. The number of halogens is 2. The Kier molecular flexibility index (Phi) is 7.35. The number of hydrogen-bond acceptors (Lipinski definition) is 4. The molecule has 3 rings (SSSR count). The van der Waals surface area contributed by atoms with E-state index >= 15 is 0 Å². The molecule has 1 saturated heterocycles. The predicted molar refractivity (Wildman–Crippen MR) is 108 cm³/mol. The van der Waals surface area contributed by atoms with Crippen LogP contribution in [0.3, 0.4) is 0 Å². The molecule has 0 radical (unpaired) electrons. The normalized spacial score (nSPS) is 13.8. The summed E-state index contributed by atoms with van der Waals surface area (Å²) in [6, 6.07) is 10.3. The first-order valence-electron chi connectivity index (χ1n) is 9.83. The van der Waals surface area contributed by atoms with Gasteiger partial charge in [-0.3, -0.25) is 9.59 Å². The van der Waals surface area contributed by atoms with Crippen molar-refractivity contribution in [3.63, 3.8) is 0 Å². The minimum absolute atomic E-state index is 0.0337. The van der Waals surface area contributed by atoms with Crippen molar-refractivity contribution in [2.24, 2.45) is 0 Å². The summed E-state index contributed by atoms with van der Waals surface area (Å²) in [6.45, 7) is 3.12. The predicted octanol–water partition coefficient (Wildman–Crippen LogP) is 2.44. The van der Waals surface area contributed by atoms with Crippen molar-refractivity contribution in [2.75, 3.05) is 39.8 Å². The first-order chi connectivity index (χ1) is 14.5.